The number of rotatable bonds is 4. The van der Waals surface area contributed by atoms with E-state index in [4.69, 9.17) is 10.00 Å². The van der Waals surface area contributed by atoms with E-state index in [0.29, 0.717) is 19.6 Å². The lowest BCUT2D eigenvalue weighted by Crippen LogP contribution is -2.15. The van der Waals surface area contributed by atoms with E-state index in [1.54, 1.807) is 0 Å². The predicted octanol–water partition coefficient (Wildman–Crippen LogP) is 2.90. The highest BCUT2D eigenvalue weighted by atomic mass is 19.4. The fourth-order valence-corrected chi connectivity index (χ4v) is 1.80. The third-order valence-corrected chi connectivity index (χ3v) is 2.68. The third kappa shape index (κ3) is 4.52. The summed E-state index contributed by atoms with van der Waals surface area (Å²) in [5, 5.41) is 8.83. The Morgan fingerprint density at radius 2 is 2.20 bits per heavy atom. The van der Waals surface area contributed by atoms with Crippen LogP contribution >= 0.6 is 0 Å². The van der Waals surface area contributed by atoms with Gasteiger partial charge in [0.2, 0.25) is 0 Å². The molecule has 0 spiro atoms. The summed E-state index contributed by atoms with van der Waals surface area (Å²) >= 11 is 0. The summed E-state index contributed by atoms with van der Waals surface area (Å²) in [6.45, 7) is 1.15. The van der Waals surface area contributed by atoms with Gasteiger partial charge in [0.25, 0.3) is 0 Å². The van der Waals surface area contributed by atoms with Gasteiger partial charge < -0.3 is 4.74 Å². The van der Waals surface area contributed by atoms with Gasteiger partial charge in [-0.15, -0.1) is 0 Å². The summed E-state index contributed by atoms with van der Waals surface area (Å²) in [5.41, 5.74) is 0. The van der Waals surface area contributed by atoms with Crippen LogP contribution < -0.4 is 0 Å². The maximum atomic E-state index is 11.9. The highest BCUT2D eigenvalue weighted by molar-refractivity contribution is 4.89. The summed E-state index contributed by atoms with van der Waals surface area (Å²) in [7, 11) is 0. The van der Waals surface area contributed by atoms with Crippen molar-refractivity contribution in [2.45, 2.75) is 31.9 Å². The van der Waals surface area contributed by atoms with Crippen molar-refractivity contribution in [3.63, 3.8) is 0 Å². The number of nitriles is 1. The largest absolute Gasteiger partial charge is 0.389 e. The second-order valence-electron chi connectivity index (χ2n) is 3.87. The van der Waals surface area contributed by atoms with Crippen molar-refractivity contribution in [2.75, 3.05) is 13.2 Å². The quantitative estimate of drug-likeness (QED) is 0.731. The van der Waals surface area contributed by atoms with Crippen LogP contribution in [0.25, 0.3) is 0 Å². The summed E-state index contributed by atoms with van der Waals surface area (Å²) in [6, 6.07) is 2.08. The minimum atomic E-state index is -4.10. The fourth-order valence-electron chi connectivity index (χ4n) is 1.80. The molecule has 1 fully saturated rings. The number of halogens is 3. The summed E-state index contributed by atoms with van der Waals surface area (Å²) < 4.78 is 40.8. The lowest BCUT2D eigenvalue weighted by Gasteiger charge is -2.15. The number of alkyl halides is 3. The average Bonchev–Trinajstić information content (AvgIpc) is 2.63. The molecule has 2 unspecified atom stereocenters. The van der Waals surface area contributed by atoms with E-state index in [2.05, 4.69) is 6.07 Å². The summed E-state index contributed by atoms with van der Waals surface area (Å²) in [4.78, 5) is 0. The Bertz CT molecular complexity index is 228. The van der Waals surface area contributed by atoms with Crippen LogP contribution in [0.4, 0.5) is 13.2 Å². The minimum Gasteiger partial charge on any atom is -0.381 e. The van der Waals surface area contributed by atoms with Crippen LogP contribution in [0.3, 0.4) is 0 Å². The molecule has 2 atom stereocenters. The van der Waals surface area contributed by atoms with Crippen LogP contribution in [0.5, 0.6) is 0 Å². The molecule has 15 heavy (non-hydrogen) atoms. The Morgan fingerprint density at radius 3 is 2.67 bits per heavy atom. The van der Waals surface area contributed by atoms with E-state index in [9.17, 15) is 13.2 Å². The zero-order valence-corrected chi connectivity index (χ0v) is 8.39. The van der Waals surface area contributed by atoms with Crippen molar-refractivity contribution in [3.05, 3.63) is 0 Å². The number of ether oxygens (including phenoxy) is 1. The van der Waals surface area contributed by atoms with Gasteiger partial charge >= 0.3 is 6.18 Å². The Labute approximate surface area is 87.0 Å². The van der Waals surface area contributed by atoms with Gasteiger partial charge in [0.15, 0.2) is 0 Å². The minimum absolute atomic E-state index is 0.0399. The SMILES string of the molecule is N#CC(CCCC(F)(F)F)C1CCOC1. The zero-order valence-electron chi connectivity index (χ0n) is 8.39. The second kappa shape index (κ2) is 5.36. The Morgan fingerprint density at radius 1 is 1.47 bits per heavy atom. The van der Waals surface area contributed by atoms with Gasteiger partial charge in [-0.05, 0) is 19.3 Å². The van der Waals surface area contributed by atoms with Crippen molar-refractivity contribution in [3.8, 4) is 6.07 Å². The topological polar surface area (TPSA) is 33.0 Å². The maximum absolute atomic E-state index is 11.9. The molecule has 0 N–H and O–H groups in total. The monoisotopic (exact) mass is 221 g/mol. The first-order valence-corrected chi connectivity index (χ1v) is 5.07. The van der Waals surface area contributed by atoms with E-state index >= 15 is 0 Å². The van der Waals surface area contributed by atoms with Gasteiger partial charge in [-0.3, -0.25) is 0 Å². The van der Waals surface area contributed by atoms with Crippen LogP contribution in [0.15, 0.2) is 0 Å². The fraction of sp³-hybridized carbons (Fsp3) is 0.900. The molecule has 0 aliphatic carbocycles. The van der Waals surface area contributed by atoms with Crippen molar-refractivity contribution >= 4 is 0 Å². The molecule has 86 valence electrons. The van der Waals surface area contributed by atoms with Crippen molar-refractivity contribution in [1.29, 1.82) is 5.26 Å². The highest BCUT2D eigenvalue weighted by Crippen LogP contribution is 2.29. The molecule has 1 aliphatic rings. The molecule has 5 heteroatoms. The van der Waals surface area contributed by atoms with E-state index in [1.807, 2.05) is 0 Å². The number of hydrogen-bond acceptors (Lipinski definition) is 2. The molecule has 1 heterocycles. The molecule has 0 bridgehead atoms. The maximum Gasteiger partial charge on any atom is 0.389 e. The predicted molar refractivity (Wildman–Crippen MR) is 47.9 cm³/mol. The molecular weight excluding hydrogens is 207 g/mol. The molecule has 0 aromatic heterocycles. The first-order valence-electron chi connectivity index (χ1n) is 5.07. The molecule has 2 nitrogen and oxygen atoms in total. The van der Waals surface area contributed by atoms with Gasteiger partial charge in [0.1, 0.15) is 0 Å². The highest BCUT2D eigenvalue weighted by Gasteiger charge is 2.29. The summed E-state index contributed by atoms with van der Waals surface area (Å²) in [6.07, 6.45) is -3.74. The number of nitrogens with zero attached hydrogens (tertiary/aromatic N) is 1. The van der Waals surface area contributed by atoms with E-state index in [1.165, 1.54) is 0 Å². The lowest BCUT2D eigenvalue weighted by molar-refractivity contribution is -0.136. The molecule has 1 saturated heterocycles. The Hall–Kier alpha value is -0.760. The van der Waals surface area contributed by atoms with Gasteiger partial charge in [-0.1, -0.05) is 0 Å². The van der Waals surface area contributed by atoms with Crippen LogP contribution in [-0.2, 0) is 4.74 Å². The second-order valence-corrected chi connectivity index (χ2v) is 3.87. The molecule has 0 aromatic carbocycles. The van der Waals surface area contributed by atoms with E-state index in [0.717, 1.165) is 6.42 Å². The van der Waals surface area contributed by atoms with Gasteiger partial charge in [0, 0.05) is 18.9 Å². The molecular formula is C10H14F3NO. The smallest absolute Gasteiger partial charge is 0.381 e. The average molecular weight is 221 g/mol. The normalized spacial score (nSPS) is 23.7. The Balaban J connectivity index is 2.26. The van der Waals surface area contributed by atoms with E-state index < -0.39 is 12.6 Å². The standard InChI is InChI=1S/C10H14F3NO/c11-10(12,13)4-1-2-8(6-14)9-3-5-15-7-9/h8-9H,1-5,7H2. The molecule has 1 rings (SSSR count). The molecule has 1 aliphatic heterocycles. The first-order chi connectivity index (χ1) is 7.03. The molecule has 0 saturated carbocycles. The number of hydrogen-bond donors (Lipinski definition) is 0. The van der Waals surface area contributed by atoms with Gasteiger partial charge in [-0.25, -0.2) is 0 Å². The third-order valence-electron chi connectivity index (χ3n) is 2.68. The van der Waals surface area contributed by atoms with Gasteiger partial charge in [-0.2, -0.15) is 18.4 Å². The van der Waals surface area contributed by atoms with E-state index in [-0.39, 0.29) is 18.3 Å². The van der Waals surface area contributed by atoms with Crippen molar-refractivity contribution in [2.24, 2.45) is 11.8 Å². The first kappa shape index (κ1) is 12.3. The van der Waals surface area contributed by atoms with Crippen molar-refractivity contribution < 1.29 is 17.9 Å². The zero-order chi connectivity index (χ0) is 11.3. The molecule has 0 amide bonds. The molecule has 0 radical (unpaired) electrons. The summed E-state index contributed by atoms with van der Waals surface area (Å²) in [5.74, 6) is -0.155. The van der Waals surface area contributed by atoms with Crippen LogP contribution in [-0.4, -0.2) is 19.4 Å². The van der Waals surface area contributed by atoms with Crippen LogP contribution in [0.2, 0.25) is 0 Å². The van der Waals surface area contributed by atoms with Crippen LogP contribution in [0, 0.1) is 23.2 Å². The van der Waals surface area contributed by atoms with Crippen molar-refractivity contribution in [1.82, 2.24) is 0 Å². The Kier molecular flexibility index (Phi) is 4.40. The van der Waals surface area contributed by atoms with Crippen LogP contribution in [0.1, 0.15) is 25.7 Å². The lowest BCUT2D eigenvalue weighted by atomic mass is 9.88. The molecule has 0 aromatic rings. The van der Waals surface area contributed by atoms with Gasteiger partial charge in [0.05, 0.1) is 18.6 Å².